The molecule has 0 fully saturated rings. The highest BCUT2D eigenvalue weighted by Crippen LogP contribution is 2.23. The fourth-order valence-corrected chi connectivity index (χ4v) is 3.52. The Labute approximate surface area is 213 Å². The van der Waals surface area contributed by atoms with Gasteiger partial charge in [0.05, 0.1) is 6.54 Å². The highest BCUT2D eigenvalue weighted by molar-refractivity contribution is 5.94. The predicted octanol–water partition coefficient (Wildman–Crippen LogP) is 3.74. The molecule has 0 aliphatic heterocycles. The van der Waals surface area contributed by atoms with E-state index in [1.54, 1.807) is 18.5 Å². The molecule has 0 radical (unpaired) electrons. The van der Waals surface area contributed by atoms with Crippen LogP contribution in [0.15, 0.2) is 67.1 Å². The summed E-state index contributed by atoms with van der Waals surface area (Å²) in [4.78, 5) is 33.3. The van der Waals surface area contributed by atoms with Gasteiger partial charge in [-0.1, -0.05) is 30.3 Å². The quantitative estimate of drug-likeness (QED) is 0.319. The van der Waals surface area contributed by atoms with E-state index in [1.165, 1.54) is 11.0 Å². The summed E-state index contributed by atoms with van der Waals surface area (Å²) in [6, 6.07) is 13.8. The van der Waals surface area contributed by atoms with Crippen LogP contribution in [0.2, 0.25) is 0 Å². The lowest BCUT2D eigenvalue weighted by Gasteiger charge is -2.25. The number of pyridine rings is 1. The fraction of sp³-hybridized carbons (Fsp3) is 0.357. The summed E-state index contributed by atoms with van der Waals surface area (Å²) in [5.74, 6) is -0.703. The number of amides is 1. The Morgan fingerprint density at radius 1 is 1.06 bits per heavy atom. The molecule has 0 saturated carbocycles. The largest absolute Gasteiger partial charge is 0.459 e. The Morgan fingerprint density at radius 2 is 1.81 bits per heavy atom. The molecule has 8 nitrogen and oxygen atoms in total. The standard InChI is InChI=1S/C28H35N5O3/c1-28(2,3)36-26(35)21-32(17-16-31(4)5)25(34)14-13-24-20-33(19-22-10-7-6-8-11-22)30-27(24)23-12-9-15-29-18-23/h6-15,18,20H,16-17,19,21H2,1-5H3/b14-13+. The van der Waals surface area contributed by atoms with Crippen molar-refractivity contribution in [3.63, 3.8) is 0 Å². The number of rotatable bonds is 10. The summed E-state index contributed by atoms with van der Waals surface area (Å²) in [5.41, 5.74) is 2.88. The summed E-state index contributed by atoms with van der Waals surface area (Å²) in [6.07, 6.45) is 8.61. The van der Waals surface area contributed by atoms with Crippen molar-refractivity contribution in [1.29, 1.82) is 0 Å². The van der Waals surface area contributed by atoms with Crippen LogP contribution in [-0.4, -0.2) is 75.8 Å². The van der Waals surface area contributed by atoms with E-state index >= 15 is 0 Å². The average Bonchev–Trinajstić information content (AvgIpc) is 3.22. The molecule has 1 aromatic carbocycles. The molecular weight excluding hydrogens is 454 g/mol. The molecule has 0 aliphatic carbocycles. The molecule has 2 aromatic heterocycles. The van der Waals surface area contributed by atoms with Crippen molar-refractivity contribution < 1.29 is 14.3 Å². The zero-order valence-electron chi connectivity index (χ0n) is 21.7. The first-order valence-electron chi connectivity index (χ1n) is 12.0. The number of benzene rings is 1. The molecule has 0 unspecified atom stereocenters. The maximum Gasteiger partial charge on any atom is 0.326 e. The van der Waals surface area contributed by atoms with Gasteiger partial charge < -0.3 is 14.5 Å². The van der Waals surface area contributed by atoms with Gasteiger partial charge in [-0.05, 0) is 58.6 Å². The lowest BCUT2D eigenvalue weighted by atomic mass is 10.1. The topological polar surface area (TPSA) is 80.6 Å². The lowest BCUT2D eigenvalue weighted by Crippen LogP contribution is -2.41. The van der Waals surface area contributed by atoms with E-state index in [0.717, 1.165) is 22.4 Å². The number of carbonyl (C=O) groups is 2. The first kappa shape index (κ1) is 26.8. The number of carbonyl (C=O) groups excluding carboxylic acids is 2. The van der Waals surface area contributed by atoms with E-state index in [0.29, 0.717) is 19.6 Å². The minimum Gasteiger partial charge on any atom is -0.459 e. The minimum atomic E-state index is -0.616. The van der Waals surface area contributed by atoms with Crippen molar-refractivity contribution in [3.8, 4) is 11.3 Å². The maximum atomic E-state index is 13.1. The van der Waals surface area contributed by atoms with E-state index in [1.807, 2.05) is 93.1 Å². The third-order valence-corrected chi connectivity index (χ3v) is 5.19. The van der Waals surface area contributed by atoms with E-state index in [-0.39, 0.29) is 12.5 Å². The summed E-state index contributed by atoms with van der Waals surface area (Å²) < 4.78 is 7.29. The van der Waals surface area contributed by atoms with E-state index in [9.17, 15) is 9.59 Å². The number of hydrogen-bond donors (Lipinski definition) is 0. The molecule has 3 rings (SSSR count). The van der Waals surface area contributed by atoms with Crippen molar-refractivity contribution in [2.75, 3.05) is 33.7 Å². The van der Waals surface area contributed by atoms with Crippen molar-refractivity contribution in [3.05, 3.63) is 78.3 Å². The molecular formula is C28H35N5O3. The van der Waals surface area contributed by atoms with Crippen LogP contribution in [0.25, 0.3) is 17.3 Å². The molecule has 0 saturated heterocycles. The third-order valence-electron chi connectivity index (χ3n) is 5.19. The second-order valence-electron chi connectivity index (χ2n) is 9.84. The van der Waals surface area contributed by atoms with Crippen LogP contribution in [0.5, 0.6) is 0 Å². The number of nitrogens with zero attached hydrogens (tertiary/aromatic N) is 5. The number of aromatic nitrogens is 3. The van der Waals surface area contributed by atoms with Gasteiger partial charge in [-0.15, -0.1) is 0 Å². The van der Waals surface area contributed by atoms with Crippen LogP contribution in [0.3, 0.4) is 0 Å². The highest BCUT2D eigenvalue weighted by Gasteiger charge is 2.21. The van der Waals surface area contributed by atoms with Gasteiger partial charge in [0, 0.05) is 48.9 Å². The Balaban J connectivity index is 1.84. The first-order valence-corrected chi connectivity index (χ1v) is 12.0. The lowest BCUT2D eigenvalue weighted by molar-refractivity contribution is -0.158. The van der Waals surface area contributed by atoms with Gasteiger partial charge in [-0.3, -0.25) is 19.3 Å². The van der Waals surface area contributed by atoms with Crippen molar-refractivity contribution in [2.24, 2.45) is 0 Å². The van der Waals surface area contributed by atoms with E-state index < -0.39 is 11.6 Å². The molecule has 190 valence electrons. The SMILES string of the molecule is CN(C)CCN(CC(=O)OC(C)(C)C)C(=O)/C=C/c1cn(Cc2ccccc2)nc1-c1cccnc1. The number of likely N-dealkylation sites (N-methyl/N-ethyl adjacent to an activating group) is 1. The minimum absolute atomic E-state index is 0.114. The zero-order chi connectivity index (χ0) is 26.1. The van der Waals surface area contributed by atoms with Gasteiger partial charge in [-0.2, -0.15) is 5.10 Å². The monoisotopic (exact) mass is 489 g/mol. The smallest absolute Gasteiger partial charge is 0.326 e. The van der Waals surface area contributed by atoms with Crippen LogP contribution in [0.4, 0.5) is 0 Å². The molecule has 0 aliphatic rings. The van der Waals surface area contributed by atoms with Crippen molar-refractivity contribution in [2.45, 2.75) is 32.9 Å². The molecule has 0 spiro atoms. The number of hydrogen-bond acceptors (Lipinski definition) is 6. The maximum absolute atomic E-state index is 13.1. The third kappa shape index (κ3) is 8.46. The number of esters is 1. The fourth-order valence-electron chi connectivity index (χ4n) is 3.52. The average molecular weight is 490 g/mol. The summed E-state index contributed by atoms with van der Waals surface area (Å²) in [7, 11) is 3.85. The molecule has 8 heteroatoms. The molecule has 0 N–H and O–H groups in total. The Kier molecular flexibility index (Phi) is 9.13. The van der Waals surface area contributed by atoms with Crippen LogP contribution < -0.4 is 0 Å². The van der Waals surface area contributed by atoms with Crippen LogP contribution in [0.1, 0.15) is 31.9 Å². The summed E-state index contributed by atoms with van der Waals surface area (Å²) >= 11 is 0. The zero-order valence-corrected chi connectivity index (χ0v) is 21.7. The first-order chi connectivity index (χ1) is 17.1. The Hall–Kier alpha value is -3.78. The van der Waals surface area contributed by atoms with Gasteiger partial charge in [0.15, 0.2) is 0 Å². The normalized spacial score (nSPS) is 11.7. The van der Waals surface area contributed by atoms with Gasteiger partial charge in [0.1, 0.15) is 17.8 Å². The van der Waals surface area contributed by atoms with Gasteiger partial charge in [0.2, 0.25) is 5.91 Å². The van der Waals surface area contributed by atoms with Crippen LogP contribution >= 0.6 is 0 Å². The molecule has 36 heavy (non-hydrogen) atoms. The highest BCUT2D eigenvalue weighted by atomic mass is 16.6. The van der Waals surface area contributed by atoms with E-state index in [4.69, 9.17) is 9.84 Å². The van der Waals surface area contributed by atoms with Gasteiger partial charge >= 0.3 is 5.97 Å². The molecule has 2 heterocycles. The number of ether oxygens (including phenoxy) is 1. The molecule has 0 atom stereocenters. The second kappa shape index (κ2) is 12.3. The Bertz CT molecular complexity index is 1160. The molecule has 0 bridgehead atoms. The van der Waals surface area contributed by atoms with Gasteiger partial charge in [0.25, 0.3) is 0 Å². The molecule has 1 amide bonds. The van der Waals surface area contributed by atoms with Crippen molar-refractivity contribution >= 4 is 18.0 Å². The van der Waals surface area contributed by atoms with Gasteiger partial charge in [-0.25, -0.2) is 0 Å². The van der Waals surface area contributed by atoms with Crippen LogP contribution in [-0.2, 0) is 20.9 Å². The molecule has 3 aromatic rings. The second-order valence-corrected chi connectivity index (χ2v) is 9.84. The Morgan fingerprint density at radius 3 is 2.44 bits per heavy atom. The summed E-state index contributed by atoms with van der Waals surface area (Å²) in [6.45, 7) is 6.94. The predicted molar refractivity (Wildman–Crippen MR) is 141 cm³/mol. The summed E-state index contributed by atoms with van der Waals surface area (Å²) in [5, 5.41) is 4.77. The van der Waals surface area contributed by atoms with Crippen molar-refractivity contribution in [1.82, 2.24) is 24.6 Å². The van der Waals surface area contributed by atoms with Crippen LogP contribution in [0, 0.1) is 0 Å². The van der Waals surface area contributed by atoms with E-state index in [2.05, 4.69) is 4.98 Å².